The summed E-state index contributed by atoms with van der Waals surface area (Å²) in [7, 11) is 0. The topological polar surface area (TPSA) is 90.4 Å². The second kappa shape index (κ2) is 7.19. The van der Waals surface area contributed by atoms with E-state index < -0.39 is 0 Å². The zero-order valence-electron chi connectivity index (χ0n) is 12.2. The number of thiazole rings is 1. The van der Waals surface area contributed by atoms with Crippen LogP contribution in [0.15, 0.2) is 57.4 Å². The first-order valence-electron chi connectivity index (χ1n) is 6.94. The molecule has 0 unspecified atom stereocenters. The summed E-state index contributed by atoms with van der Waals surface area (Å²) in [6.45, 7) is 0.702. The largest absolute Gasteiger partial charge is 0.481 e. The number of nitrogens with two attached hydrogens (primary N) is 1. The number of hydrogen-bond acceptors (Lipinski definition) is 7. The highest BCUT2D eigenvalue weighted by atomic mass is 32.1. The van der Waals surface area contributed by atoms with Gasteiger partial charge in [0.1, 0.15) is 12.3 Å². The Hall–Kier alpha value is -2.48. The van der Waals surface area contributed by atoms with Crippen LogP contribution in [0.3, 0.4) is 0 Å². The third kappa shape index (κ3) is 3.48. The van der Waals surface area contributed by atoms with Crippen molar-refractivity contribution in [3.8, 4) is 17.2 Å². The average molecular weight is 329 g/mol. The summed E-state index contributed by atoms with van der Waals surface area (Å²) >= 11 is 1.43. The summed E-state index contributed by atoms with van der Waals surface area (Å²) in [5.41, 5.74) is 5.54. The van der Waals surface area contributed by atoms with Crippen LogP contribution in [0.5, 0.6) is 5.75 Å². The normalized spacial score (nSPS) is 10.7. The molecule has 6 nitrogen and oxygen atoms in total. The van der Waals surface area contributed by atoms with E-state index in [1.807, 2.05) is 30.3 Å². The first kappa shape index (κ1) is 15.4. The van der Waals surface area contributed by atoms with Gasteiger partial charge in [0.2, 0.25) is 11.2 Å². The molecule has 0 bridgehead atoms. The van der Waals surface area contributed by atoms with E-state index in [9.17, 15) is 4.79 Å². The Kier molecular flexibility index (Phi) is 4.82. The van der Waals surface area contributed by atoms with Crippen molar-refractivity contribution >= 4 is 11.3 Å². The molecule has 0 radical (unpaired) electrons. The van der Waals surface area contributed by atoms with E-state index in [4.69, 9.17) is 15.0 Å². The van der Waals surface area contributed by atoms with Gasteiger partial charge in [-0.3, -0.25) is 16.1 Å². The number of nitrogens with zero attached hydrogens (tertiary/aromatic N) is 1. The van der Waals surface area contributed by atoms with Crippen molar-refractivity contribution in [3.05, 3.63) is 68.8 Å². The molecule has 0 saturated heterocycles. The van der Waals surface area contributed by atoms with E-state index in [1.165, 1.54) is 23.7 Å². The van der Waals surface area contributed by atoms with Gasteiger partial charge in [-0.15, -0.1) is 11.3 Å². The van der Waals surface area contributed by atoms with Crippen molar-refractivity contribution in [2.45, 2.75) is 13.2 Å². The highest BCUT2D eigenvalue weighted by Gasteiger charge is 2.19. The van der Waals surface area contributed by atoms with Gasteiger partial charge in [0.05, 0.1) is 16.7 Å². The van der Waals surface area contributed by atoms with Crippen molar-refractivity contribution < 1.29 is 9.15 Å². The maximum Gasteiger partial charge on any atom is 0.227 e. The zero-order chi connectivity index (χ0) is 16.1. The molecule has 0 atom stereocenters. The van der Waals surface area contributed by atoms with Crippen LogP contribution >= 0.6 is 11.3 Å². The van der Waals surface area contributed by atoms with Gasteiger partial charge in [0.25, 0.3) is 0 Å². The SMILES string of the molecule is NNCc1scnc1-c1occc(=O)c1OCc1ccccc1. The van der Waals surface area contributed by atoms with Crippen LogP contribution in [0.25, 0.3) is 11.5 Å². The fourth-order valence-electron chi connectivity index (χ4n) is 2.11. The van der Waals surface area contributed by atoms with Crippen LogP contribution in [-0.4, -0.2) is 4.98 Å². The Morgan fingerprint density at radius 2 is 2.09 bits per heavy atom. The van der Waals surface area contributed by atoms with Gasteiger partial charge < -0.3 is 9.15 Å². The van der Waals surface area contributed by atoms with E-state index in [0.29, 0.717) is 18.0 Å². The highest BCUT2D eigenvalue weighted by Crippen LogP contribution is 2.31. The Bertz CT molecular complexity index is 830. The molecule has 0 aliphatic rings. The summed E-state index contributed by atoms with van der Waals surface area (Å²) in [5, 5.41) is 0. The van der Waals surface area contributed by atoms with Crippen molar-refractivity contribution in [3.63, 3.8) is 0 Å². The molecule has 3 N–H and O–H groups in total. The molecule has 1 aromatic carbocycles. The molecule has 3 rings (SSSR count). The minimum absolute atomic E-state index is 0.153. The van der Waals surface area contributed by atoms with Crippen LogP contribution < -0.4 is 21.4 Å². The molecule has 3 aromatic rings. The monoisotopic (exact) mass is 329 g/mol. The second-order valence-electron chi connectivity index (χ2n) is 4.72. The fourth-order valence-corrected chi connectivity index (χ4v) is 2.82. The smallest absolute Gasteiger partial charge is 0.227 e. The van der Waals surface area contributed by atoms with Gasteiger partial charge in [-0.25, -0.2) is 4.98 Å². The number of ether oxygens (including phenoxy) is 1. The summed E-state index contributed by atoms with van der Waals surface area (Å²) in [6.07, 6.45) is 1.34. The fraction of sp³-hybridized carbons (Fsp3) is 0.125. The molecular weight excluding hydrogens is 314 g/mol. The minimum atomic E-state index is -0.248. The van der Waals surface area contributed by atoms with Gasteiger partial charge >= 0.3 is 0 Å². The molecule has 0 aliphatic carbocycles. The van der Waals surface area contributed by atoms with Crippen LogP contribution in [0.1, 0.15) is 10.4 Å². The lowest BCUT2D eigenvalue weighted by molar-refractivity contribution is 0.295. The number of hydrogen-bond donors (Lipinski definition) is 2. The maximum atomic E-state index is 12.2. The molecule has 23 heavy (non-hydrogen) atoms. The van der Waals surface area contributed by atoms with Gasteiger partial charge in [-0.1, -0.05) is 30.3 Å². The number of hydrazine groups is 1. The first-order chi connectivity index (χ1) is 11.3. The van der Waals surface area contributed by atoms with Crippen molar-refractivity contribution in [1.29, 1.82) is 0 Å². The molecule has 7 heteroatoms. The molecule has 0 aliphatic heterocycles. The lowest BCUT2D eigenvalue weighted by Gasteiger charge is -2.09. The third-order valence-electron chi connectivity index (χ3n) is 3.18. The summed E-state index contributed by atoms with van der Waals surface area (Å²) in [6, 6.07) is 10.9. The number of benzene rings is 1. The van der Waals surface area contributed by atoms with Gasteiger partial charge in [0.15, 0.2) is 5.76 Å². The van der Waals surface area contributed by atoms with E-state index in [1.54, 1.807) is 5.51 Å². The molecule has 0 fully saturated rings. The predicted octanol–water partition coefficient (Wildman–Crippen LogP) is 2.31. The quantitative estimate of drug-likeness (QED) is 0.533. The number of aromatic nitrogens is 1. The van der Waals surface area contributed by atoms with Crippen molar-refractivity contribution in [2.24, 2.45) is 5.84 Å². The lowest BCUT2D eigenvalue weighted by atomic mass is 10.2. The Morgan fingerprint density at radius 1 is 1.26 bits per heavy atom. The lowest BCUT2D eigenvalue weighted by Crippen LogP contribution is -2.20. The van der Waals surface area contributed by atoms with Gasteiger partial charge in [0, 0.05) is 12.6 Å². The van der Waals surface area contributed by atoms with Gasteiger partial charge in [-0.2, -0.15) is 0 Å². The molecular formula is C16H15N3O3S. The molecule has 2 aromatic heterocycles. The highest BCUT2D eigenvalue weighted by molar-refractivity contribution is 7.10. The molecule has 0 amide bonds. The van der Waals surface area contributed by atoms with Crippen LogP contribution in [0.2, 0.25) is 0 Å². The van der Waals surface area contributed by atoms with E-state index >= 15 is 0 Å². The van der Waals surface area contributed by atoms with Crippen LogP contribution in [0, 0.1) is 0 Å². The van der Waals surface area contributed by atoms with Gasteiger partial charge in [-0.05, 0) is 5.56 Å². The Balaban J connectivity index is 1.94. The second-order valence-corrected chi connectivity index (χ2v) is 5.66. The number of rotatable bonds is 6. The van der Waals surface area contributed by atoms with E-state index in [0.717, 1.165) is 10.4 Å². The summed E-state index contributed by atoms with van der Waals surface area (Å²) in [5.74, 6) is 5.85. The summed E-state index contributed by atoms with van der Waals surface area (Å²) in [4.78, 5) is 17.3. The maximum absolute atomic E-state index is 12.2. The first-order valence-corrected chi connectivity index (χ1v) is 7.82. The predicted molar refractivity (Wildman–Crippen MR) is 87.9 cm³/mol. The van der Waals surface area contributed by atoms with Crippen LogP contribution in [0.4, 0.5) is 0 Å². The Labute approximate surface area is 136 Å². The number of nitrogens with one attached hydrogen (secondary N) is 1. The minimum Gasteiger partial charge on any atom is -0.481 e. The molecule has 2 heterocycles. The molecule has 0 spiro atoms. The molecule has 118 valence electrons. The van der Waals surface area contributed by atoms with Crippen molar-refractivity contribution in [1.82, 2.24) is 10.4 Å². The van der Waals surface area contributed by atoms with E-state index in [-0.39, 0.29) is 17.8 Å². The van der Waals surface area contributed by atoms with Crippen LogP contribution in [-0.2, 0) is 13.2 Å². The zero-order valence-corrected chi connectivity index (χ0v) is 13.0. The Morgan fingerprint density at radius 3 is 2.87 bits per heavy atom. The average Bonchev–Trinajstić information content (AvgIpc) is 3.03. The standard InChI is InChI=1S/C16H15N3O3S/c17-19-8-13-14(18-10-23-13)16-15(12(20)6-7-21-16)22-9-11-4-2-1-3-5-11/h1-7,10,19H,8-9,17H2. The third-order valence-corrected chi connectivity index (χ3v) is 4.01. The summed E-state index contributed by atoms with van der Waals surface area (Å²) < 4.78 is 11.2. The van der Waals surface area contributed by atoms with E-state index in [2.05, 4.69) is 10.4 Å². The van der Waals surface area contributed by atoms with Crippen molar-refractivity contribution in [2.75, 3.05) is 0 Å². The molecule has 0 saturated carbocycles.